The van der Waals surface area contributed by atoms with Crippen molar-refractivity contribution in [3.63, 3.8) is 0 Å². The van der Waals surface area contributed by atoms with Crippen LogP contribution in [0.3, 0.4) is 0 Å². The second kappa shape index (κ2) is 9.41. The van der Waals surface area contributed by atoms with Gasteiger partial charge >= 0.3 is 6.18 Å². The maximum absolute atomic E-state index is 12.5. The van der Waals surface area contributed by atoms with Crippen LogP contribution in [0.4, 0.5) is 13.2 Å². The standard InChI is InChI=1S/C16H25F3O3Si/c1-3-20-15(22-23,21-4-2)12-6-5-7-13-8-10-14(11-9-13)16(17,18)19/h8-11H,3-7,12H2,1-2,23H3. The Morgan fingerprint density at radius 3 is 1.96 bits per heavy atom. The van der Waals surface area contributed by atoms with E-state index in [1.807, 2.05) is 13.8 Å². The van der Waals surface area contributed by atoms with Gasteiger partial charge in [-0.25, -0.2) is 0 Å². The molecular formula is C16H25F3O3Si. The molecule has 7 heteroatoms. The number of hydrogen-bond acceptors (Lipinski definition) is 3. The van der Waals surface area contributed by atoms with Gasteiger partial charge in [-0.2, -0.15) is 13.2 Å². The normalized spacial score (nSPS) is 12.7. The van der Waals surface area contributed by atoms with Crippen LogP contribution in [-0.4, -0.2) is 29.7 Å². The van der Waals surface area contributed by atoms with Gasteiger partial charge in [-0.05, 0) is 50.8 Å². The van der Waals surface area contributed by atoms with Crippen molar-refractivity contribution in [3.8, 4) is 0 Å². The van der Waals surface area contributed by atoms with Gasteiger partial charge in [-0.1, -0.05) is 12.1 Å². The van der Waals surface area contributed by atoms with Crippen molar-refractivity contribution in [3.05, 3.63) is 35.4 Å². The summed E-state index contributed by atoms with van der Waals surface area (Å²) in [6, 6.07) is 5.32. The Kier molecular flexibility index (Phi) is 8.25. The summed E-state index contributed by atoms with van der Waals surface area (Å²) in [4.78, 5) is 0. The van der Waals surface area contributed by atoms with Crippen molar-refractivity contribution in [1.29, 1.82) is 0 Å². The molecule has 0 N–H and O–H groups in total. The molecule has 0 bridgehead atoms. The van der Waals surface area contributed by atoms with Crippen molar-refractivity contribution in [2.24, 2.45) is 0 Å². The van der Waals surface area contributed by atoms with E-state index in [0.29, 0.717) is 36.5 Å². The minimum absolute atomic E-state index is 0.501. The van der Waals surface area contributed by atoms with Crippen molar-refractivity contribution in [2.75, 3.05) is 13.2 Å². The monoisotopic (exact) mass is 350 g/mol. The molecule has 1 rings (SSSR count). The van der Waals surface area contributed by atoms with Crippen LogP contribution in [0.25, 0.3) is 0 Å². The maximum atomic E-state index is 12.5. The SMILES string of the molecule is CCOC(CCCCc1ccc(C(F)(F)F)cc1)(O[SiH3])OCC. The van der Waals surface area contributed by atoms with E-state index < -0.39 is 17.7 Å². The summed E-state index contributed by atoms with van der Waals surface area (Å²) >= 11 is 0. The summed E-state index contributed by atoms with van der Waals surface area (Å²) in [6.07, 6.45) is -1.32. The quantitative estimate of drug-likeness (QED) is 0.368. The fraction of sp³-hybridized carbons (Fsp3) is 0.625. The molecule has 0 unspecified atom stereocenters. The Morgan fingerprint density at radius 1 is 0.957 bits per heavy atom. The van der Waals surface area contributed by atoms with Gasteiger partial charge in [0.2, 0.25) is 0 Å². The van der Waals surface area contributed by atoms with E-state index in [2.05, 4.69) is 0 Å². The second-order valence-corrected chi connectivity index (χ2v) is 5.56. The van der Waals surface area contributed by atoms with Crippen LogP contribution >= 0.6 is 0 Å². The van der Waals surface area contributed by atoms with Crippen molar-refractivity contribution >= 4 is 10.5 Å². The van der Waals surface area contributed by atoms with Crippen LogP contribution < -0.4 is 0 Å². The largest absolute Gasteiger partial charge is 0.416 e. The van der Waals surface area contributed by atoms with Crippen LogP contribution in [0.15, 0.2) is 24.3 Å². The van der Waals surface area contributed by atoms with Crippen molar-refractivity contribution in [1.82, 2.24) is 0 Å². The predicted molar refractivity (Wildman–Crippen MR) is 86.0 cm³/mol. The average molecular weight is 350 g/mol. The van der Waals surface area contributed by atoms with E-state index >= 15 is 0 Å². The highest BCUT2D eigenvalue weighted by atomic mass is 28.2. The minimum Gasteiger partial charge on any atom is -0.380 e. The van der Waals surface area contributed by atoms with Gasteiger partial charge in [-0.3, -0.25) is 0 Å². The van der Waals surface area contributed by atoms with Crippen molar-refractivity contribution < 1.29 is 27.1 Å². The van der Waals surface area contributed by atoms with E-state index in [4.69, 9.17) is 13.9 Å². The fourth-order valence-corrected chi connectivity index (χ4v) is 2.82. The third kappa shape index (κ3) is 6.62. The molecule has 0 heterocycles. The minimum atomic E-state index is -4.28. The van der Waals surface area contributed by atoms with Gasteiger partial charge in [0.05, 0.1) is 5.56 Å². The summed E-state index contributed by atoms with van der Waals surface area (Å²) in [5.74, 6) is -0.962. The lowest BCUT2D eigenvalue weighted by molar-refractivity contribution is -0.344. The molecule has 0 saturated carbocycles. The highest BCUT2D eigenvalue weighted by Gasteiger charge is 2.31. The molecule has 0 spiro atoms. The summed E-state index contributed by atoms with van der Waals surface area (Å²) in [5, 5.41) is 0. The molecule has 0 amide bonds. The lowest BCUT2D eigenvalue weighted by atomic mass is 10.0. The van der Waals surface area contributed by atoms with E-state index in [9.17, 15) is 13.2 Å². The van der Waals surface area contributed by atoms with Crippen LogP contribution in [0.5, 0.6) is 0 Å². The first-order chi connectivity index (χ1) is 10.9. The Bertz CT molecular complexity index is 443. The fourth-order valence-electron chi connectivity index (χ4n) is 2.38. The molecule has 23 heavy (non-hydrogen) atoms. The summed E-state index contributed by atoms with van der Waals surface area (Å²) < 4.78 is 54.2. The van der Waals surface area contributed by atoms with Gasteiger partial charge in [0.1, 0.15) is 0 Å². The molecule has 1 aromatic carbocycles. The van der Waals surface area contributed by atoms with Crippen LogP contribution in [0.2, 0.25) is 0 Å². The summed E-state index contributed by atoms with van der Waals surface area (Å²) in [5.41, 5.74) is 0.278. The molecule has 3 nitrogen and oxygen atoms in total. The molecule has 132 valence electrons. The van der Waals surface area contributed by atoms with Crippen LogP contribution in [0.1, 0.15) is 44.2 Å². The van der Waals surface area contributed by atoms with E-state index in [1.54, 1.807) is 0 Å². The Morgan fingerprint density at radius 2 is 1.52 bits per heavy atom. The van der Waals surface area contributed by atoms with Gasteiger partial charge in [-0.15, -0.1) is 0 Å². The summed E-state index contributed by atoms with van der Waals surface area (Å²) in [7, 11) is 0.506. The molecule has 1 aromatic rings. The number of halogens is 3. The number of benzene rings is 1. The molecule has 0 aliphatic rings. The van der Waals surface area contributed by atoms with E-state index in [0.717, 1.165) is 30.5 Å². The van der Waals surface area contributed by atoms with E-state index in [-0.39, 0.29) is 0 Å². The first kappa shape index (κ1) is 20.2. The Balaban J connectivity index is 2.46. The molecule has 0 aliphatic heterocycles. The lowest BCUT2D eigenvalue weighted by Gasteiger charge is -2.31. The third-order valence-corrected chi connectivity index (χ3v) is 4.14. The van der Waals surface area contributed by atoms with E-state index in [1.165, 1.54) is 12.1 Å². The predicted octanol–water partition coefficient (Wildman–Crippen LogP) is 3.44. The smallest absolute Gasteiger partial charge is 0.380 e. The second-order valence-electron chi connectivity index (χ2n) is 5.15. The number of hydrogen-bond donors (Lipinski definition) is 0. The Hall–Kier alpha value is -0.893. The molecule has 0 radical (unpaired) electrons. The highest BCUT2D eigenvalue weighted by Crippen LogP contribution is 2.29. The third-order valence-electron chi connectivity index (χ3n) is 3.52. The molecular weight excluding hydrogens is 325 g/mol. The zero-order valence-corrected chi connectivity index (χ0v) is 15.9. The first-order valence-corrected chi connectivity index (χ1v) is 8.67. The molecule has 0 atom stereocenters. The molecule has 0 saturated heterocycles. The van der Waals surface area contributed by atoms with Crippen LogP contribution in [-0.2, 0) is 26.5 Å². The van der Waals surface area contributed by atoms with Crippen molar-refractivity contribution in [2.45, 2.75) is 51.7 Å². The number of alkyl halides is 3. The van der Waals surface area contributed by atoms with Gasteiger partial charge < -0.3 is 13.9 Å². The molecule has 0 aliphatic carbocycles. The topological polar surface area (TPSA) is 27.7 Å². The van der Waals surface area contributed by atoms with Gasteiger partial charge in [0.15, 0.2) is 10.5 Å². The number of rotatable bonds is 10. The lowest BCUT2D eigenvalue weighted by Crippen LogP contribution is -2.38. The first-order valence-electron chi connectivity index (χ1n) is 7.86. The molecule has 0 aromatic heterocycles. The molecule has 0 fully saturated rings. The average Bonchev–Trinajstić information content (AvgIpc) is 2.51. The summed E-state index contributed by atoms with van der Waals surface area (Å²) in [6.45, 7) is 4.77. The van der Waals surface area contributed by atoms with Gasteiger partial charge in [0, 0.05) is 19.6 Å². The highest BCUT2D eigenvalue weighted by molar-refractivity contribution is 5.98. The number of aryl methyl sites for hydroxylation is 1. The zero-order valence-electron chi connectivity index (χ0n) is 13.9. The zero-order chi connectivity index (χ0) is 17.3. The van der Waals surface area contributed by atoms with Crippen LogP contribution in [0, 0.1) is 0 Å². The van der Waals surface area contributed by atoms with Gasteiger partial charge in [0.25, 0.3) is 5.97 Å². The Labute approximate surface area is 138 Å². The number of ether oxygens (including phenoxy) is 2. The maximum Gasteiger partial charge on any atom is 0.416 e. The number of unbranched alkanes of at least 4 members (excludes halogenated alkanes) is 1.